The Labute approximate surface area is 161 Å². The Balaban J connectivity index is 1.61. The van der Waals surface area contributed by atoms with Crippen LogP contribution in [0.25, 0.3) is 0 Å². The number of thiophene rings is 2. The van der Waals surface area contributed by atoms with E-state index in [0.29, 0.717) is 30.6 Å². The quantitative estimate of drug-likeness (QED) is 0.695. The number of amides is 2. The maximum Gasteiger partial charge on any atom is 0.339 e. The standard InChI is InChI=1S/C18H14N2O5S2/c21-15(12-2-1-6-25-12)19-16-14(18(23)24)11-3-5-20(8-13(11)27-16)17(22)10-4-7-26-9-10/h1-2,4,6-7,9H,3,5,8H2,(H,19,21)(H,23,24). The highest BCUT2D eigenvalue weighted by molar-refractivity contribution is 7.17. The van der Waals surface area contributed by atoms with Gasteiger partial charge in [-0.05, 0) is 35.6 Å². The molecule has 0 aromatic carbocycles. The van der Waals surface area contributed by atoms with E-state index in [9.17, 15) is 19.5 Å². The molecule has 4 rings (SSSR count). The first-order chi connectivity index (χ1) is 13.0. The largest absolute Gasteiger partial charge is 0.478 e. The van der Waals surface area contributed by atoms with Crippen molar-refractivity contribution in [3.63, 3.8) is 0 Å². The van der Waals surface area contributed by atoms with E-state index < -0.39 is 11.9 Å². The zero-order valence-corrected chi connectivity index (χ0v) is 15.6. The van der Waals surface area contributed by atoms with Gasteiger partial charge in [-0.2, -0.15) is 11.3 Å². The molecule has 2 amide bonds. The average Bonchev–Trinajstić information content (AvgIpc) is 3.39. The van der Waals surface area contributed by atoms with Gasteiger partial charge >= 0.3 is 5.97 Å². The second-order valence-corrected chi connectivity index (χ2v) is 7.82. The van der Waals surface area contributed by atoms with Crippen molar-refractivity contribution in [3.05, 3.63) is 62.6 Å². The monoisotopic (exact) mass is 402 g/mol. The second kappa shape index (κ2) is 7.01. The predicted octanol–water partition coefficient (Wildman–Crippen LogP) is 3.55. The van der Waals surface area contributed by atoms with Gasteiger partial charge in [0.1, 0.15) is 5.00 Å². The summed E-state index contributed by atoms with van der Waals surface area (Å²) in [6.45, 7) is 0.760. The number of hydrogen-bond donors (Lipinski definition) is 2. The average molecular weight is 402 g/mol. The van der Waals surface area contributed by atoms with Gasteiger partial charge in [-0.1, -0.05) is 0 Å². The van der Waals surface area contributed by atoms with Crippen molar-refractivity contribution in [2.45, 2.75) is 13.0 Å². The zero-order valence-electron chi connectivity index (χ0n) is 13.9. The number of anilines is 1. The van der Waals surface area contributed by atoms with Crippen molar-refractivity contribution in [2.24, 2.45) is 0 Å². The molecule has 0 saturated heterocycles. The molecule has 0 unspecified atom stereocenters. The maximum atomic E-state index is 12.6. The number of furan rings is 1. The SMILES string of the molecule is O=C(Nc1sc2c(c1C(=O)O)CCN(C(=O)c1ccsc1)C2)c1ccco1. The van der Waals surface area contributed by atoms with Gasteiger partial charge in [0.2, 0.25) is 0 Å². The number of carboxylic acid groups (broad SMARTS) is 1. The van der Waals surface area contributed by atoms with Gasteiger partial charge in [0.25, 0.3) is 11.8 Å². The molecule has 3 aromatic heterocycles. The van der Waals surface area contributed by atoms with E-state index >= 15 is 0 Å². The number of nitrogens with one attached hydrogen (secondary N) is 1. The van der Waals surface area contributed by atoms with Crippen LogP contribution in [-0.2, 0) is 13.0 Å². The fraction of sp³-hybridized carbons (Fsp3) is 0.167. The van der Waals surface area contributed by atoms with Crippen molar-refractivity contribution >= 4 is 45.5 Å². The van der Waals surface area contributed by atoms with Crippen molar-refractivity contribution in [1.82, 2.24) is 4.90 Å². The van der Waals surface area contributed by atoms with E-state index in [4.69, 9.17) is 4.42 Å². The number of rotatable bonds is 4. The first-order valence-corrected chi connectivity index (χ1v) is 9.84. The minimum Gasteiger partial charge on any atom is -0.478 e. The predicted molar refractivity (Wildman–Crippen MR) is 101 cm³/mol. The fourth-order valence-electron chi connectivity index (χ4n) is 3.03. The van der Waals surface area contributed by atoms with E-state index in [2.05, 4.69) is 5.32 Å². The Kier molecular flexibility index (Phi) is 4.54. The summed E-state index contributed by atoms with van der Waals surface area (Å²) >= 11 is 2.64. The zero-order chi connectivity index (χ0) is 19.0. The van der Waals surface area contributed by atoms with E-state index in [-0.39, 0.29) is 22.2 Å². The summed E-state index contributed by atoms with van der Waals surface area (Å²) in [5.41, 5.74) is 1.40. The minimum atomic E-state index is -1.10. The topological polar surface area (TPSA) is 99.9 Å². The highest BCUT2D eigenvalue weighted by atomic mass is 32.1. The van der Waals surface area contributed by atoms with Gasteiger partial charge in [0.05, 0.1) is 23.9 Å². The van der Waals surface area contributed by atoms with E-state index in [1.807, 2.05) is 5.38 Å². The van der Waals surface area contributed by atoms with Crippen LogP contribution in [0.15, 0.2) is 39.6 Å². The normalized spacial score (nSPS) is 13.3. The third kappa shape index (κ3) is 3.26. The molecule has 0 bridgehead atoms. The maximum absolute atomic E-state index is 12.6. The number of hydrogen-bond acceptors (Lipinski definition) is 6. The number of carbonyl (C=O) groups excluding carboxylic acids is 2. The van der Waals surface area contributed by atoms with Crippen molar-refractivity contribution in [3.8, 4) is 0 Å². The molecule has 2 N–H and O–H groups in total. The van der Waals surface area contributed by atoms with Crippen LogP contribution in [-0.4, -0.2) is 34.3 Å². The first kappa shape index (κ1) is 17.5. The molecule has 9 heteroatoms. The van der Waals surface area contributed by atoms with Gasteiger partial charge in [-0.25, -0.2) is 4.79 Å². The summed E-state index contributed by atoms with van der Waals surface area (Å²) in [6, 6.07) is 4.86. The van der Waals surface area contributed by atoms with Crippen LogP contribution >= 0.6 is 22.7 Å². The van der Waals surface area contributed by atoms with Crippen LogP contribution in [0.5, 0.6) is 0 Å². The lowest BCUT2D eigenvalue weighted by Gasteiger charge is -2.26. The molecular weight excluding hydrogens is 388 g/mol. The van der Waals surface area contributed by atoms with Gasteiger partial charge < -0.3 is 19.7 Å². The number of carboxylic acids is 1. The first-order valence-electron chi connectivity index (χ1n) is 8.08. The van der Waals surface area contributed by atoms with Crippen molar-refractivity contribution in [2.75, 3.05) is 11.9 Å². The van der Waals surface area contributed by atoms with Gasteiger partial charge in [-0.15, -0.1) is 11.3 Å². The van der Waals surface area contributed by atoms with Crippen LogP contribution in [0.4, 0.5) is 5.00 Å². The molecule has 27 heavy (non-hydrogen) atoms. The molecule has 7 nitrogen and oxygen atoms in total. The van der Waals surface area contributed by atoms with Crippen LogP contribution in [0, 0.1) is 0 Å². The van der Waals surface area contributed by atoms with E-state index in [0.717, 1.165) is 4.88 Å². The third-order valence-corrected chi connectivity index (χ3v) is 6.11. The van der Waals surface area contributed by atoms with Crippen LogP contribution in [0.2, 0.25) is 0 Å². The molecule has 0 saturated carbocycles. The Morgan fingerprint density at radius 1 is 1.26 bits per heavy atom. The molecule has 0 aliphatic carbocycles. The molecule has 138 valence electrons. The van der Waals surface area contributed by atoms with Gasteiger partial charge in [-0.3, -0.25) is 9.59 Å². The number of nitrogens with zero attached hydrogens (tertiary/aromatic N) is 1. The molecule has 0 spiro atoms. The summed E-state index contributed by atoms with van der Waals surface area (Å²) in [5, 5.41) is 16.2. The van der Waals surface area contributed by atoms with Crippen LogP contribution in [0.3, 0.4) is 0 Å². The lowest BCUT2D eigenvalue weighted by atomic mass is 10.0. The van der Waals surface area contributed by atoms with Crippen LogP contribution < -0.4 is 5.32 Å². The number of fused-ring (bicyclic) bond motifs is 1. The smallest absolute Gasteiger partial charge is 0.339 e. The van der Waals surface area contributed by atoms with Crippen molar-refractivity contribution in [1.29, 1.82) is 0 Å². The second-order valence-electron chi connectivity index (χ2n) is 5.93. The molecule has 4 heterocycles. The fourth-order valence-corrected chi connectivity index (χ4v) is 4.91. The minimum absolute atomic E-state index is 0.0756. The molecule has 0 fully saturated rings. The van der Waals surface area contributed by atoms with E-state index in [1.165, 1.54) is 35.0 Å². The lowest BCUT2D eigenvalue weighted by Crippen LogP contribution is -2.35. The number of carbonyl (C=O) groups is 3. The Morgan fingerprint density at radius 2 is 2.11 bits per heavy atom. The molecule has 1 aliphatic rings. The molecule has 3 aromatic rings. The van der Waals surface area contributed by atoms with Gasteiger partial charge in [0, 0.05) is 16.8 Å². The highest BCUT2D eigenvalue weighted by Gasteiger charge is 2.31. The Morgan fingerprint density at radius 3 is 2.78 bits per heavy atom. The van der Waals surface area contributed by atoms with Crippen LogP contribution in [0.1, 0.15) is 41.7 Å². The summed E-state index contributed by atoms with van der Waals surface area (Å²) in [5.74, 6) is -1.58. The lowest BCUT2D eigenvalue weighted by molar-refractivity contribution is 0.0696. The van der Waals surface area contributed by atoms with Crippen molar-refractivity contribution < 1.29 is 23.9 Å². The molecule has 0 radical (unpaired) electrons. The summed E-state index contributed by atoms with van der Waals surface area (Å²) in [7, 11) is 0. The van der Waals surface area contributed by atoms with Gasteiger partial charge in [0.15, 0.2) is 5.76 Å². The Bertz CT molecular complexity index is 1010. The third-order valence-electron chi connectivity index (χ3n) is 4.30. The summed E-state index contributed by atoms with van der Waals surface area (Å²) < 4.78 is 5.05. The Hall–Kier alpha value is -2.91. The molecule has 0 atom stereocenters. The van der Waals surface area contributed by atoms with E-state index in [1.54, 1.807) is 22.4 Å². The summed E-state index contributed by atoms with van der Waals surface area (Å²) in [4.78, 5) is 39.1. The number of aromatic carboxylic acids is 1. The summed E-state index contributed by atoms with van der Waals surface area (Å²) in [6.07, 6.45) is 1.81. The molecular formula is C18H14N2O5S2. The molecule has 1 aliphatic heterocycles. The highest BCUT2D eigenvalue weighted by Crippen LogP contribution is 2.37.